The molecule has 32 atom stereocenters. The third kappa shape index (κ3) is 21.8. The minimum absolute atomic E-state index is 0.0766. The number of nitrogens with zero attached hydrogens (tertiary/aromatic N) is 6. The van der Waals surface area contributed by atoms with E-state index in [0.717, 1.165) is 193 Å². The molecule has 3 aromatic heterocycles. The molecule has 16 aliphatic carbocycles. The van der Waals surface area contributed by atoms with Gasteiger partial charge in [-0.15, -0.1) is 0 Å². The van der Waals surface area contributed by atoms with Crippen molar-refractivity contribution in [2.24, 2.45) is 185 Å². The van der Waals surface area contributed by atoms with E-state index < -0.39 is 0 Å². The summed E-state index contributed by atoms with van der Waals surface area (Å²) >= 11 is 12.0. The van der Waals surface area contributed by atoms with Gasteiger partial charge in [0, 0.05) is 50.1 Å². The first kappa shape index (κ1) is 104. The van der Waals surface area contributed by atoms with Crippen molar-refractivity contribution in [2.45, 2.75) is 459 Å². The molecular weight excluding hydrogens is 1680 g/mol. The first-order valence-electron chi connectivity index (χ1n) is 57.2. The van der Waals surface area contributed by atoms with Crippen LogP contribution in [0.1, 0.15) is 435 Å². The highest BCUT2D eigenvalue weighted by Crippen LogP contribution is 2.73. The topological polar surface area (TPSA) is 125 Å². The first-order chi connectivity index (χ1) is 64.0. The number of hydrogen-bond donors (Lipinski definition) is 1. The number of aliphatic hydroxyl groups is 1. The second-order valence-corrected chi connectivity index (χ2v) is 53.1. The van der Waals surface area contributed by atoms with Crippen molar-refractivity contribution in [1.82, 2.24) is 29.9 Å². The van der Waals surface area contributed by atoms with Crippen LogP contribution in [-0.2, 0) is 0 Å². The number of fused-ring (bicyclic) bond motifs is 20. The van der Waals surface area contributed by atoms with E-state index in [1.165, 1.54) is 231 Å². The predicted octanol–water partition coefficient (Wildman–Crippen LogP) is 34.5. The Bertz CT molecular complexity index is 4260. The lowest BCUT2D eigenvalue weighted by Gasteiger charge is -2.58. The van der Waals surface area contributed by atoms with Crippen LogP contribution in [0.3, 0.4) is 0 Å². The number of aromatic nitrogens is 6. The van der Waals surface area contributed by atoms with Crippen LogP contribution >= 0.6 is 23.2 Å². The number of halogens is 2. The van der Waals surface area contributed by atoms with Gasteiger partial charge >= 0.3 is 12.0 Å². The van der Waals surface area contributed by atoms with E-state index in [9.17, 15) is 5.11 Å². The molecule has 0 saturated heterocycles. The quantitative estimate of drug-likeness (QED) is 0.0472. The summed E-state index contributed by atoms with van der Waals surface area (Å²) in [6.45, 7) is 54.4. The van der Waals surface area contributed by atoms with Crippen molar-refractivity contribution in [3.8, 4) is 17.9 Å². The van der Waals surface area contributed by atoms with Gasteiger partial charge in [-0.2, -0.15) is 9.97 Å². The van der Waals surface area contributed by atoms with Gasteiger partial charge in [-0.1, -0.05) is 288 Å². The fraction of sp³-hybridized carbons (Fsp3) is 0.836. The van der Waals surface area contributed by atoms with Crippen LogP contribution < -0.4 is 14.2 Å². The van der Waals surface area contributed by atoms with Crippen molar-refractivity contribution < 1.29 is 19.3 Å². The molecule has 10 nitrogen and oxygen atoms in total. The third-order valence-corrected chi connectivity index (χ3v) is 44.0. The summed E-state index contributed by atoms with van der Waals surface area (Å²) in [6, 6.07) is 6.35. The van der Waals surface area contributed by atoms with Crippen LogP contribution in [0.4, 0.5) is 0 Å². The zero-order valence-electron chi connectivity index (χ0n) is 89.2. The Labute approximate surface area is 829 Å². The molecule has 0 radical (unpaired) electrons. The highest BCUT2D eigenvalue weighted by atomic mass is 35.5. The number of aliphatic hydroxyl groups excluding tert-OH is 1. The fourth-order valence-corrected chi connectivity index (χ4v) is 36.8. The summed E-state index contributed by atoms with van der Waals surface area (Å²) in [7, 11) is 0. The molecule has 16 aliphatic rings. The summed E-state index contributed by atoms with van der Waals surface area (Å²) in [4.78, 5) is 25.4. The first-order valence-corrected chi connectivity index (χ1v) is 57.9. The van der Waals surface area contributed by atoms with Gasteiger partial charge < -0.3 is 19.3 Å². The van der Waals surface area contributed by atoms with E-state index in [4.69, 9.17) is 37.4 Å². The van der Waals surface area contributed by atoms with Crippen LogP contribution in [0.2, 0.25) is 10.4 Å². The van der Waals surface area contributed by atoms with Crippen LogP contribution in [0.25, 0.3) is 0 Å². The number of rotatable bonds is 26. The Hall–Kier alpha value is -3.86. The molecule has 1 N–H and O–H groups in total. The van der Waals surface area contributed by atoms with Crippen molar-refractivity contribution >= 4 is 23.2 Å². The second-order valence-electron chi connectivity index (χ2n) is 52.4. The number of hydrogen-bond acceptors (Lipinski definition) is 10. The SMILES string of the molecule is CC.CC(C)CCCC(C)[C@H]1CCC2C3CC=C4C[C@@H](O)CC[C@]4(C)C3CC[C@@]21C.CC(C)CCCC(C)[C@H]1CCC2C3CC=C4C[C@@H](Oc5ccnc(Cl)n5)CC[C@]4(C)C3CC[C@@]21C.CC(C)CCCC(C)[C@H]1CCC2C3CC=C4C[C@@H](Oc5nccc(Cl)n5)CC[C@]4(C)C3CC[C@@]21C.CC(C)CCCC(C)[C@H]1CCC2C3CC=C4C[C@@H](Oc5ncccn5)CC[C@]4(C)C3CC[C@@]21C. The maximum atomic E-state index is 10.2. The molecule has 3 aromatic rings. The maximum absolute atomic E-state index is 10.2. The van der Waals surface area contributed by atoms with Gasteiger partial charge in [0.05, 0.1) is 6.10 Å². The molecule has 134 heavy (non-hydrogen) atoms. The van der Waals surface area contributed by atoms with Gasteiger partial charge in [0.25, 0.3) is 0 Å². The largest absolute Gasteiger partial charge is 0.474 e. The highest BCUT2D eigenvalue weighted by Gasteiger charge is 2.65. The van der Waals surface area contributed by atoms with Gasteiger partial charge in [0.15, 0.2) is 0 Å². The Morgan fingerprint density at radius 3 is 0.963 bits per heavy atom. The summed E-state index contributed by atoms with van der Waals surface area (Å²) in [5, 5.41) is 10.9. The Morgan fingerprint density at radius 2 is 0.634 bits per heavy atom. The molecule has 0 aromatic carbocycles. The van der Waals surface area contributed by atoms with E-state index in [0.29, 0.717) is 66.4 Å². The van der Waals surface area contributed by atoms with Gasteiger partial charge in [0.2, 0.25) is 11.2 Å². The van der Waals surface area contributed by atoms with Gasteiger partial charge in [0.1, 0.15) is 23.5 Å². The highest BCUT2D eigenvalue weighted by molar-refractivity contribution is 6.29. The molecule has 750 valence electrons. The normalized spacial score (nSPS) is 40.5. The molecule has 0 bridgehead atoms. The van der Waals surface area contributed by atoms with Crippen LogP contribution in [0, 0.1) is 185 Å². The Morgan fingerprint density at radius 1 is 0.328 bits per heavy atom. The molecule has 19 rings (SSSR count). The second kappa shape index (κ2) is 44.2. The minimum Gasteiger partial charge on any atom is -0.474 e. The van der Waals surface area contributed by atoms with E-state index in [-0.39, 0.29) is 29.7 Å². The van der Waals surface area contributed by atoms with E-state index in [1.807, 2.05) is 26.0 Å². The van der Waals surface area contributed by atoms with Gasteiger partial charge in [-0.25, -0.2) is 19.9 Å². The van der Waals surface area contributed by atoms with Crippen LogP contribution in [-0.4, -0.2) is 59.4 Å². The third-order valence-electron chi connectivity index (χ3n) is 43.6. The molecule has 16 unspecified atom stereocenters. The molecule has 12 heteroatoms. The monoisotopic (exact) mass is 1880 g/mol. The average Bonchev–Trinajstić information content (AvgIpc) is 1.42. The van der Waals surface area contributed by atoms with E-state index >= 15 is 0 Å². The summed E-state index contributed by atoms with van der Waals surface area (Å²) in [6.07, 6.45) is 76.9. The maximum Gasteiger partial charge on any atom is 0.318 e. The molecule has 0 spiro atoms. The molecular formula is C122H194Cl2N6O4. The smallest absolute Gasteiger partial charge is 0.318 e. The summed E-state index contributed by atoms with van der Waals surface area (Å²) in [5.74, 6) is 22.1. The molecule has 0 aliphatic heterocycles. The van der Waals surface area contributed by atoms with E-state index in [2.05, 4.69) is 193 Å². The van der Waals surface area contributed by atoms with Crippen LogP contribution in [0.5, 0.6) is 17.9 Å². The molecule has 12 saturated carbocycles. The zero-order valence-corrected chi connectivity index (χ0v) is 90.8. The fourth-order valence-electron chi connectivity index (χ4n) is 36.5. The lowest BCUT2D eigenvalue weighted by atomic mass is 9.47. The number of allylic oxidation sites excluding steroid dienone is 4. The zero-order chi connectivity index (χ0) is 95.6. The Kier molecular flexibility index (Phi) is 34.4. The minimum atomic E-state index is -0.0766. The lowest BCUT2D eigenvalue weighted by Crippen LogP contribution is -2.51. The van der Waals surface area contributed by atoms with Gasteiger partial charge in [-0.05, 0) is 395 Å². The molecule has 3 heterocycles. The van der Waals surface area contributed by atoms with Crippen molar-refractivity contribution in [2.75, 3.05) is 0 Å². The molecule has 0 amide bonds. The Balaban J connectivity index is 0.000000136. The predicted molar refractivity (Wildman–Crippen MR) is 559 cm³/mol. The van der Waals surface area contributed by atoms with Crippen molar-refractivity contribution in [1.29, 1.82) is 0 Å². The van der Waals surface area contributed by atoms with Gasteiger partial charge in [-0.3, -0.25) is 0 Å². The number of ether oxygens (including phenoxy) is 3. The standard InChI is InChI=1S/2C31H47ClN2O.C31H48N2O.C27H46O.C2H6/c1-20(2)7-6-8-21(3)25-11-12-26-24-10-9-22-19-23(35-28-15-18-33-29(32)34-28)13-16-30(22,4)27(24)14-17-31(25,26)5;1-20(2)7-6-8-21(3)25-11-12-26-24-10-9-22-19-23(35-29-33-18-15-28(32)34-29)13-16-30(22,4)27(24)14-17-31(25,26)5;1-21(2)8-6-9-22(3)26-12-13-27-25-11-10-23-20-24(34-29-32-18-7-19-33-29)14-16-30(23,4)28(25)15-17-31(26,27)5;1-18(2)7-6-8-19(3)23-11-12-24-22-10-9-20-17-21(28)13-15-26(20,4)25(22)14-16-27(23,24)5;1-2/h2*9,15,18,20-21,23-27H,6-8,10-14,16-17,19H2,1-5H3;7,10,18-19,21-22,24-28H,6,8-9,11-17,20H2,1-5H3;9,18-19,21-25,28H,6-8,10-17H2,1-5H3;1-2H3/t2*21?,23-,24?,25+,26?,27?,30-,31+;22?,24-,25?,26+,27?,28?,30-,31+;19?,21-,22?,23+,24?,25?,26-,27+;/m0000./s1. The van der Waals surface area contributed by atoms with Crippen molar-refractivity contribution in [3.63, 3.8) is 0 Å². The average molecular weight is 1880 g/mol. The van der Waals surface area contributed by atoms with Crippen LogP contribution in [0.15, 0.2) is 89.6 Å². The molecule has 12 fully saturated rings. The summed E-state index contributed by atoms with van der Waals surface area (Å²) in [5.41, 5.74) is 10.4. The lowest BCUT2D eigenvalue weighted by molar-refractivity contribution is -0.0573. The summed E-state index contributed by atoms with van der Waals surface area (Å²) < 4.78 is 18.6. The van der Waals surface area contributed by atoms with Crippen molar-refractivity contribution in [3.05, 3.63) is 100 Å². The van der Waals surface area contributed by atoms with E-state index in [1.54, 1.807) is 53.1 Å².